The second-order valence-electron chi connectivity index (χ2n) is 9.22. The standard InChI is InChI=1S/C30H30ClN3O8S/c1-6-9-21-25(29(36)41-8-3)26(20-15-18(31)10-11-22(20)39-4)33-28(35)24(43-30(33)32-21)14-17-13-19(34(37)38)16-23(40-5)27(17)42-12-7-2/h7,10-11,13-16,26H,2,6,8-9,12H2,1,3-5H3/b24-14-/t26-/m0/s1. The number of hydrogen-bond donors (Lipinski definition) is 0. The Labute approximate surface area is 256 Å². The first kappa shape index (κ1) is 31.5. The molecule has 1 aliphatic rings. The molecule has 1 atom stereocenters. The van der Waals surface area contributed by atoms with Gasteiger partial charge in [0.25, 0.3) is 11.2 Å². The van der Waals surface area contributed by atoms with E-state index < -0.39 is 22.5 Å². The van der Waals surface area contributed by atoms with Crippen molar-refractivity contribution in [3.8, 4) is 17.2 Å². The Hall–Kier alpha value is -4.42. The van der Waals surface area contributed by atoms with E-state index in [9.17, 15) is 19.7 Å². The lowest BCUT2D eigenvalue weighted by Crippen LogP contribution is -2.40. The minimum absolute atomic E-state index is 0.0914. The SMILES string of the molecule is C=CCOc1c(/C=c2\sc3n(c2=O)[C@@H](c2cc(Cl)ccc2OC)C(C(=O)OCC)=C(CCC)N=3)cc([N+](=O)[O-])cc1OC. The first-order valence-electron chi connectivity index (χ1n) is 13.3. The lowest BCUT2D eigenvalue weighted by Gasteiger charge is -2.27. The number of allylic oxidation sites excluding steroid dienone is 1. The molecule has 0 fully saturated rings. The predicted molar refractivity (Wildman–Crippen MR) is 163 cm³/mol. The van der Waals surface area contributed by atoms with Crippen LogP contribution in [0.3, 0.4) is 0 Å². The number of nitro benzene ring substituents is 1. The van der Waals surface area contributed by atoms with Crippen molar-refractivity contribution in [3.05, 3.63) is 100 Å². The minimum atomic E-state index is -0.969. The van der Waals surface area contributed by atoms with Crippen LogP contribution in [-0.2, 0) is 9.53 Å². The number of rotatable bonds is 12. The number of nitrogens with zero attached hydrogens (tertiary/aromatic N) is 3. The van der Waals surface area contributed by atoms with Gasteiger partial charge in [-0.05, 0) is 37.6 Å². The number of non-ortho nitro benzene ring substituents is 1. The Morgan fingerprint density at radius 1 is 1.21 bits per heavy atom. The summed E-state index contributed by atoms with van der Waals surface area (Å²) in [6.45, 7) is 7.51. The zero-order valence-electron chi connectivity index (χ0n) is 24.0. The number of hydrogen-bond acceptors (Lipinski definition) is 10. The maximum Gasteiger partial charge on any atom is 0.338 e. The van der Waals surface area contributed by atoms with Crippen molar-refractivity contribution in [2.75, 3.05) is 27.4 Å². The fraction of sp³-hybridized carbons (Fsp3) is 0.300. The van der Waals surface area contributed by atoms with E-state index in [4.69, 9.17) is 35.5 Å². The Morgan fingerprint density at radius 3 is 2.58 bits per heavy atom. The molecule has 0 aliphatic carbocycles. The van der Waals surface area contributed by atoms with Gasteiger partial charge in [0.2, 0.25) is 0 Å². The molecule has 0 bridgehead atoms. The van der Waals surface area contributed by atoms with Gasteiger partial charge < -0.3 is 18.9 Å². The molecule has 1 aliphatic heterocycles. The minimum Gasteiger partial charge on any atom is -0.496 e. The van der Waals surface area contributed by atoms with Crippen LogP contribution in [0.4, 0.5) is 5.69 Å². The lowest BCUT2D eigenvalue weighted by molar-refractivity contribution is -0.385. The second-order valence-corrected chi connectivity index (χ2v) is 10.7. The van der Waals surface area contributed by atoms with Gasteiger partial charge in [-0.3, -0.25) is 19.5 Å². The molecule has 43 heavy (non-hydrogen) atoms. The molecule has 4 rings (SSSR count). The number of carbonyl (C=O) groups excluding carboxylic acids is 1. The molecular weight excluding hydrogens is 598 g/mol. The van der Waals surface area contributed by atoms with E-state index in [1.807, 2.05) is 6.92 Å². The lowest BCUT2D eigenvalue weighted by atomic mass is 9.93. The number of aromatic nitrogens is 1. The zero-order chi connectivity index (χ0) is 31.3. The average Bonchev–Trinajstić information content (AvgIpc) is 3.29. The highest BCUT2D eigenvalue weighted by atomic mass is 35.5. The summed E-state index contributed by atoms with van der Waals surface area (Å²) in [5.74, 6) is 0.115. The molecule has 0 saturated carbocycles. The zero-order valence-corrected chi connectivity index (χ0v) is 25.6. The van der Waals surface area contributed by atoms with E-state index in [2.05, 4.69) is 6.58 Å². The van der Waals surface area contributed by atoms with Crippen molar-refractivity contribution in [2.24, 2.45) is 4.99 Å². The molecule has 1 aromatic heterocycles. The predicted octanol–water partition coefficient (Wildman–Crippen LogP) is 4.72. The average molecular weight is 628 g/mol. The van der Waals surface area contributed by atoms with Gasteiger partial charge in [0.1, 0.15) is 18.4 Å². The number of thiazole rings is 1. The van der Waals surface area contributed by atoms with Gasteiger partial charge in [0.15, 0.2) is 16.3 Å². The molecule has 2 aromatic carbocycles. The fourth-order valence-electron chi connectivity index (χ4n) is 4.74. The Kier molecular flexibility index (Phi) is 10.0. The van der Waals surface area contributed by atoms with Crippen molar-refractivity contribution < 1.29 is 28.7 Å². The van der Waals surface area contributed by atoms with Crippen molar-refractivity contribution >= 4 is 40.7 Å². The van der Waals surface area contributed by atoms with Crippen molar-refractivity contribution in [2.45, 2.75) is 32.7 Å². The number of carbonyl (C=O) groups is 1. The number of nitro groups is 1. The fourth-order valence-corrected chi connectivity index (χ4v) is 5.94. The van der Waals surface area contributed by atoms with E-state index in [-0.39, 0.29) is 46.1 Å². The van der Waals surface area contributed by atoms with Crippen LogP contribution in [0.15, 0.2) is 64.0 Å². The van der Waals surface area contributed by atoms with Crippen LogP contribution in [0.2, 0.25) is 5.02 Å². The highest BCUT2D eigenvalue weighted by molar-refractivity contribution is 7.07. The molecule has 226 valence electrons. The molecule has 13 heteroatoms. The molecule has 0 spiro atoms. The van der Waals surface area contributed by atoms with Gasteiger partial charge in [-0.25, -0.2) is 9.79 Å². The van der Waals surface area contributed by atoms with Crippen LogP contribution in [0, 0.1) is 10.1 Å². The summed E-state index contributed by atoms with van der Waals surface area (Å²) in [5.41, 5.74) is 0.657. The third kappa shape index (κ3) is 6.35. The maximum atomic E-state index is 14.2. The molecule has 0 radical (unpaired) electrons. The van der Waals surface area contributed by atoms with Crippen LogP contribution < -0.4 is 29.1 Å². The summed E-state index contributed by atoms with van der Waals surface area (Å²) >= 11 is 7.47. The Morgan fingerprint density at radius 2 is 1.95 bits per heavy atom. The van der Waals surface area contributed by atoms with E-state index in [0.717, 1.165) is 11.3 Å². The Balaban J connectivity index is 2.08. The van der Waals surface area contributed by atoms with Crippen molar-refractivity contribution in [1.29, 1.82) is 0 Å². The van der Waals surface area contributed by atoms with Crippen LogP contribution in [0.1, 0.15) is 43.9 Å². The summed E-state index contributed by atoms with van der Waals surface area (Å²) in [6, 6.07) is 6.52. The molecule has 0 saturated heterocycles. The summed E-state index contributed by atoms with van der Waals surface area (Å²) in [4.78, 5) is 43.8. The van der Waals surface area contributed by atoms with Crippen molar-refractivity contribution in [3.63, 3.8) is 0 Å². The smallest absolute Gasteiger partial charge is 0.338 e. The van der Waals surface area contributed by atoms with Gasteiger partial charge in [-0.15, -0.1) is 0 Å². The first-order chi connectivity index (χ1) is 20.7. The molecule has 0 unspecified atom stereocenters. The van der Waals surface area contributed by atoms with Crippen LogP contribution >= 0.6 is 22.9 Å². The van der Waals surface area contributed by atoms with Gasteiger partial charge in [0, 0.05) is 22.2 Å². The molecule has 0 amide bonds. The number of fused-ring (bicyclic) bond motifs is 1. The Bertz CT molecular complexity index is 1790. The number of methoxy groups -OCH3 is 2. The van der Waals surface area contributed by atoms with E-state index >= 15 is 0 Å². The number of esters is 1. The molecule has 11 nitrogen and oxygen atoms in total. The molecular formula is C30H30ClN3O8S. The van der Waals surface area contributed by atoms with Gasteiger partial charge in [0.05, 0.1) is 47.6 Å². The number of ether oxygens (including phenoxy) is 4. The number of halogens is 1. The monoisotopic (exact) mass is 627 g/mol. The van der Waals surface area contributed by atoms with Gasteiger partial charge >= 0.3 is 5.97 Å². The van der Waals surface area contributed by atoms with Crippen LogP contribution in [0.25, 0.3) is 6.08 Å². The first-order valence-corrected chi connectivity index (χ1v) is 14.5. The summed E-state index contributed by atoms with van der Waals surface area (Å²) < 4.78 is 23.8. The molecule has 2 heterocycles. The van der Waals surface area contributed by atoms with E-state index in [1.54, 1.807) is 25.1 Å². The third-order valence-electron chi connectivity index (χ3n) is 6.51. The third-order valence-corrected chi connectivity index (χ3v) is 7.73. The van der Waals surface area contributed by atoms with Gasteiger partial charge in [-0.2, -0.15) is 0 Å². The van der Waals surface area contributed by atoms with Crippen molar-refractivity contribution in [1.82, 2.24) is 4.57 Å². The number of benzene rings is 2. The molecule has 3 aromatic rings. The maximum absolute atomic E-state index is 14.2. The highest BCUT2D eigenvalue weighted by Gasteiger charge is 2.36. The van der Waals surface area contributed by atoms with Crippen LogP contribution in [0.5, 0.6) is 17.2 Å². The van der Waals surface area contributed by atoms with Crippen LogP contribution in [-0.4, -0.2) is 42.9 Å². The summed E-state index contributed by atoms with van der Waals surface area (Å²) in [7, 11) is 2.85. The second kappa shape index (κ2) is 13.7. The normalized spacial score (nSPS) is 14.5. The highest BCUT2D eigenvalue weighted by Crippen LogP contribution is 2.39. The van der Waals surface area contributed by atoms with Gasteiger partial charge in [-0.1, -0.05) is 48.9 Å². The quantitative estimate of drug-likeness (QED) is 0.122. The summed E-state index contributed by atoms with van der Waals surface area (Å²) in [6.07, 6.45) is 4.12. The summed E-state index contributed by atoms with van der Waals surface area (Å²) in [5, 5.41) is 12.1. The topological polar surface area (TPSA) is 131 Å². The van der Waals surface area contributed by atoms with E-state index in [1.165, 1.54) is 43.1 Å². The largest absolute Gasteiger partial charge is 0.496 e. The molecule has 0 N–H and O–H groups in total. The van der Waals surface area contributed by atoms with E-state index in [0.29, 0.717) is 39.7 Å².